The standard InChI is InChI=1S/C16H17N5O/c1-10-8-14(22)19-20-15(10)11-4-5-12-13(9-11)18-16(17-12)21-6-2-3-7-21/h4-5,8-9H,2-3,6-7H2,1H3,(H,17,18)(H,19,22). The van der Waals surface area contributed by atoms with Gasteiger partial charge in [0, 0.05) is 24.7 Å². The maximum Gasteiger partial charge on any atom is 0.264 e. The summed E-state index contributed by atoms with van der Waals surface area (Å²) in [4.78, 5) is 21.6. The maximum atomic E-state index is 11.3. The Morgan fingerprint density at radius 2 is 2.00 bits per heavy atom. The van der Waals surface area contributed by atoms with Gasteiger partial charge in [0.05, 0.1) is 16.7 Å². The fraction of sp³-hybridized carbons (Fsp3) is 0.312. The molecule has 0 spiro atoms. The summed E-state index contributed by atoms with van der Waals surface area (Å²) < 4.78 is 0. The Kier molecular flexibility index (Phi) is 2.96. The zero-order valence-electron chi connectivity index (χ0n) is 12.4. The van der Waals surface area contributed by atoms with Gasteiger partial charge in [-0.15, -0.1) is 0 Å². The largest absolute Gasteiger partial charge is 0.342 e. The molecule has 112 valence electrons. The van der Waals surface area contributed by atoms with Gasteiger partial charge in [0.1, 0.15) is 0 Å². The van der Waals surface area contributed by atoms with Gasteiger partial charge in [0.25, 0.3) is 5.56 Å². The lowest BCUT2D eigenvalue weighted by Gasteiger charge is -2.12. The number of nitrogens with one attached hydrogen (secondary N) is 2. The average Bonchev–Trinajstić information content (AvgIpc) is 3.15. The second-order valence-corrected chi connectivity index (χ2v) is 5.75. The average molecular weight is 295 g/mol. The molecule has 0 aliphatic carbocycles. The summed E-state index contributed by atoms with van der Waals surface area (Å²) in [6.45, 7) is 4.02. The summed E-state index contributed by atoms with van der Waals surface area (Å²) in [5, 5.41) is 6.65. The highest BCUT2D eigenvalue weighted by Crippen LogP contribution is 2.26. The molecule has 3 heterocycles. The molecule has 4 rings (SSSR count). The van der Waals surface area contributed by atoms with Crippen molar-refractivity contribution >= 4 is 17.0 Å². The first kappa shape index (κ1) is 13.1. The van der Waals surface area contributed by atoms with Crippen LogP contribution in [0, 0.1) is 6.92 Å². The zero-order valence-corrected chi connectivity index (χ0v) is 12.4. The van der Waals surface area contributed by atoms with Crippen LogP contribution in [-0.4, -0.2) is 33.3 Å². The molecule has 0 radical (unpaired) electrons. The fourth-order valence-electron chi connectivity index (χ4n) is 3.01. The molecule has 0 unspecified atom stereocenters. The van der Waals surface area contributed by atoms with Crippen LogP contribution in [0.4, 0.5) is 5.95 Å². The molecule has 2 aromatic heterocycles. The molecule has 1 fully saturated rings. The predicted octanol–water partition coefficient (Wildman–Crippen LogP) is 2.22. The lowest BCUT2D eigenvalue weighted by molar-refractivity contribution is 0.922. The minimum Gasteiger partial charge on any atom is -0.342 e. The molecule has 1 aliphatic rings. The summed E-state index contributed by atoms with van der Waals surface area (Å²) in [5.41, 5.74) is 4.39. The number of hydrogen-bond acceptors (Lipinski definition) is 4. The monoisotopic (exact) mass is 295 g/mol. The van der Waals surface area contributed by atoms with Gasteiger partial charge in [-0.2, -0.15) is 5.10 Å². The zero-order chi connectivity index (χ0) is 15.1. The van der Waals surface area contributed by atoms with Crippen LogP contribution in [-0.2, 0) is 0 Å². The predicted molar refractivity (Wildman–Crippen MR) is 86.1 cm³/mol. The van der Waals surface area contributed by atoms with Gasteiger partial charge in [-0.05, 0) is 37.5 Å². The highest BCUT2D eigenvalue weighted by molar-refractivity contribution is 5.83. The highest BCUT2D eigenvalue weighted by Gasteiger charge is 2.16. The molecule has 0 bridgehead atoms. The summed E-state index contributed by atoms with van der Waals surface area (Å²) >= 11 is 0. The van der Waals surface area contributed by atoms with E-state index in [4.69, 9.17) is 0 Å². The molecule has 1 aromatic carbocycles. The van der Waals surface area contributed by atoms with Gasteiger partial charge < -0.3 is 9.88 Å². The van der Waals surface area contributed by atoms with Crippen molar-refractivity contribution in [3.63, 3.8) is 0 Å². The first-order chi connectivity index (χ1) is 10.7. The number of benzene rings is 1. The van der Waals surface area contributed by atoms with Crippen molar-refractivity contribution in [1.29, 1.82) is 0 Å². The van der Waals surface area contributed by atoms with Crippen molar-refractivity contribution in [2.75, 3.05) is 18.0 Å². The third kappa shape index (κ3) is 2.16. The molecule has 6 nitrogen and oxygen atoms in total. The molecule has 6 heteroatoms. The Morgan fingerprint density at radius 3 is 2.77 bits per heavy atom. The van der Waals surface area contributed by atoms with E-state index in [0.717, 1.165) is 46.9 Å². The molecule has 3 aromatic rings. The van der Waals surface area contributed by atoms with E-state index in [1.54, 1.807) is 6.07 Å². The van der Waals surface area contributed by atoms with Gasteiger partial charge >= 0.3 is 0 Å². The van der Waals surface area contributed by atoms with Crippen LogP contribution in [0.15, 0.2) is 29.1 Å². The molecule has 0 atom stereocenters. The Bertz CT molecular complexity index is 889. The molecule has 0 saturated carbocycles. The number of imidazole rings is 1. The van der Waals surface area contributed by atoms with E-state index in [-0.39, 0.29) is 5.56 Å². The quantitative estimate of drug-likeness (QED) is 0.760. The van der Waals surface area contributed by atoms with Crippen LogP contribution in [0.1, 0.15) is 18.4 Å². The van der Waals surface area contributed by atoms with Crippen molar-refractivity contribution in [3.05, 3.63) is 40.2 Å². The Morgan fingerprint density at radius 1 is 1.18 bits per heavy atom. The van der Waals surface area contributed by atoms with Crippen molar-refractivity contribution in [2.45, 2.75) is 19.8 Å². The lowest BCUT2D eigenvalue weighted by atomic mass is 10.1. The number of H-pyrrole nitrogens is 2. The van der Waals surface area contributed by atoms with E-state index in [1.807, 2.05) is 25.1 Å². The van der Waals surface area contributed by atoms with Crippen molar-refractivity contribution < 1.29 is 0 Å². The van der Waals surface area contributed by atoms with Crippen LogP contribution in [0.5, 0.6) is 0 Å². The van der Waals surface area contributed by atoms with Gasteiger partial charge in [0.15, 0.2) is 0 Å². The van der Waals surface area contributed by atoms with Crippen LogP contribution < -0.4 is 10.5 Å². The van der Waals surface area contributed by atoms with Gasteiger partial charge in [-0.25, -0.2) is 10.1 Å². The maximum absolute atomic E-state index is 11.3. The molecular weight excluding hydrogens is 278 g/mol. The summed E-state index contributed by atoms with van der Waals surface area (Å²) in [5.74, 6) is 0.941. The van der Waals surface area contributed by atoms with E-state index in [2.05, 4.69) is 25.1 Å². The number of fused-ring (bicyclic) bond motifs is 1. The number of aromatic nitrogens is 4. The number of aryl methyl sites for hydroxylation is 1. The van der Waals surface area contributed by atoms with Crippen LogP contribution in [0.2, 0.25) is 0 Å². The minimum atomic E-state index is -0.180. The number of nitrogens with zero attached hydrogens (tertiary/aromatic N) is 3. The molecule has 1 saturated heterocycles. The highest BCUT2D eigenvalue weighted by atomic mass is 16.1. The summed E-state index contributed by atoms with van der Waals surface area (Å²) in [7, 11) is 0. The Balaban J connectivity index is 1.78. The van der Waals surface area contributed by atoms with Gasteiger partial charge in [0.2, 0.25) is 5.95 Å². The minimum absolute atomic E-state index is 0.180. The van der Waals surface area contributed by atoms with E-state index in [0.29, 0.717) is 0 Å². The first-order valence-corrected chi connectivity index (χ1v) is 7.52. The number of hydrogen-bond donors (Lipinski definition) is 2. The number of rotatable bonds is 2. The van der Waals surface area contributed by atoms with E-state index >= 15 is 0 Å². The molecule has 1 aliphatic heterocycles. The summed E-state index contributed by atoms with van der Waals surface area (Å²) in [6, 6.07) is 7.59. The molecular formula is C16H17N5O. The van der Waals surface area contributed by atoms with Crippen molar-refractivity contribution in [2.24, 2.45) is 0 Å². The second kappa shape index (κ2) is 4.98. The smallest absolute Gasteiger partial charge is 0.264 e. The third-order valence-corrected chi connectivity index (χ3v) is 4.15. The van der Waals surface area contributed by atoms with E-state index in [9.17, 15) is 4.79 Å². The van der Waals surface area contributed by atoms with Gasteiger partial charge in [-0.1, -0.05) is 6.07 Å². The number of aromatic amines is 2. The number of anilines is 1. The second-order valence-electron chi connectivity index (χ2n) is 5.75. The Hall–Kier alpha value is -2.63. The topological polar surface area (TPSA) is 77.7 Å². The van der Waals surface area contributed by atoms with Crippen LogP contribution in [0.25, 0.3) is 22.3 Å². The van der Waals surface area contributed by atoms with Gasteiger partial charge in [-0.3, -0.25) is 4.79 Å². The molecule has 2 N–H and O–H groups in total. The Labute approximate surface area is 127 Å². The third-order valence-electron chi connectivity index (χ3n) is 4.15. The molecule has 0 amide bonds. The molecule has 22 heavy (non-hydrogen) atoms. The van der Waals surface area contributed by atoms with Crippen molar-refractivity contribution in [1.82, 2.24) is 20.2 Å². The fourth-order valence-corrected chi connectivity index (χ4v) is 3.01. The lowest BCUT2D eigenvalue weighted by Crippen LogP contribution is -2.18. The van der Waals surface area contributed by atoms with Crippen LogP contribution in [0.3, 0.4) is 0 Å². The SMILES string of the molecule is Cc1cc(=O)[nH]nc1-c1ccc2nc(N3CCCC3)[nH]c2c1. The first-order valence-electron chi connectivity index (χ1n) is 7.52. The normalized spacial score (nSPS) is 14.9. The summed E-state index contributed by atoms with van der Waals surface area (Å²) in [6.07, 6.45) is 2.45. The van der Waals surface area contributed by atoms with E-state index in [1.165, 1.54) is 12.8 Å². The van der Waals surface area contributed by atoms with Crippen molar-refractivity contribution in [3.8, 4) is 11.3 Å². The van der Waals surface area contributed by atoms with E-state index < -0.39 is 0 Å². The van der Waals surface area contributed by atoms with Crippen LogP contribution >= 0.6 is 0 Å².